The van der Waals surface area contributed by atoms with Gasteiger partial charge in [-0.1, -0.05) is 24.3 Å². The molecule has 0 spiro atoms. The highest BCUT2D eigenvalue weighted by Gasteiger charge is 2.21. The SMILES string of the molecule is COCCN(C(=O)c1cnc(N)c2ccccc12)C(C)C. The fraction of sp³-hybridized carbons (Fsp3) is 0.375. The van der Waals surface area contributed by atoms with Gasteiger partial charge in [-0.25, -0.2) is 4.98 Å². The zero-order valence-electron chi connectivity index (χ0n) is 12.7. The molecule has 0 saturated heterocycles. The molecule has 112 valence electrons. The van der Waals surface area contributed by atoms with Gasteiger partial charge >= 0.3 is 0 Å². The molecule has 1 heterocycles. The van der Waals surface area contributed by atoms with Crippen LogP contribution in [0, 0.1) is 0 Å². The summed E-state index contributed by atoms with van der Waals surface area (Å²) in [4.78, 5) is 18.7. The van der Waals surface area contributed by atoms with Crippen LogP contribution in [0.2, 0.25) is 0 Å². The number of methoxy groups -OCH3 is 1. The van der Waals surface area contributed by atoms with E-state index in [0.717, 1.165) is 10.8 Å². The molecule has 5 nitrogen and oxygen atoms in total. The third-order valence-corrected chi connectivity index (χ3v) is 3.48. The van der Waals surface area contributed by atoms with Crippen LogP contribution in [-0.4, -0.2) is 42.1 Å². The van der Waals surface area contributed by atoms with E-state index in [1.54, 1.807) is 18.2 Å². The van der Waals surface area contributed by atoms with E-state index >= 15 is 0 Å². The van der Waals surface area contributed by atoms with Gasteiger partial charge in [-0.3, -0.25) is 4.79 Å². The summed E-state index contributed by atoms with van der Waals surface area (Å²) in [5, 5.41) is 1.64. The zero-order chi connectivity index (χ0) is 15.4. The van der Waals surface area contributed by atoms with Crippen molar-refractivity contribution in [3.05, 3.63) is 36.0 Å². The van der Waals surface area contributed by atoms with E-state index in [0.29, 0.717) is 24.5 Å². The molecule has 0 aliphatic carbocycles. The minimum atomic E-state index is -0.0502. The van der Waals surface area contributed by atoms with Gasteiger partial charge in [0.2, 0.25) is 0 Å². The molecule has 0 fully saturated rings. The monoisotopic (exact) mass is 287 g/mol. The van der Waals surface area contributed by atoms with Crippen LogP contribution in [0.4, 0.5) is 5.82 Å². The molecule has 0 aliphatic rings. The summed E-state index contributed by atoms with van der Waals surface area (Å²) >= 11 is 0. The second-order valence-corrected chi connectivity index (χ2v) is 5.19. The Kier molecular flexibility index (Phi) is 4.75. The first-order valence-corrected chi connectivity index (χ1v) is 6.99. The molecule has 0 bridgehead atoms. The van der Waals surface area contributed by atoms with Crippen LogP contribution in [-0.2, 0) is 4.74 Å². The average molecular weight is 287 g/mol. The van der Waals surface area contributed by atoms with Gasteiger partial charge < -0.3 is 15.4 Å². The molecule has 21 heavy (non-hydrogen) atoms. The number of rotatable bonds is 5. The first-order valence-electron chi connectivity index (χ1n) is 6.99. The molecule has 1 aromatic heterocycles. The van der Waals surface area contributed by atoms with E-state index in [1.165, 1.54) is 0 Å². The predicted octanol–water partition coefficient (Wildman–Crippen LogP) is 2.31. The Bertz CT molecular complexity index is 640. The molecule has 1 amide bonds. The van der Waals surface area contributed by atoms with Gasteiger partial charge in [0.05, 0.1) is 12.2 Å². The van der Waals surface area contributed by atoms with Gasteiger partial charge in [-0.15, -0.1) is 0 Å². The quantitative estimate of drug-likeness (QED) is 0.916. The number of amides is 1. The normalized spacial score (nSPS) is 11.0. The molecular formula is C16H21N3O2. The number of hydrogen-bond donors (Lipinski definition) is 1. The van der Waals surface area contributed by atoms with Crippen LogP contribution in [0.15, 0.2) is 30.5 Å². The van der Waals surface area contributed by atoms with Crippen LogP contribution < -0.4 is 5.73 Å². The largest absolute Gasteiger partial charge is 0.383 e. The zero-order valence-corrected chi connectivity index (χ0v) is 12.7. The summed E-state index contributed by atoms with van der Waals surface area (Å²) in [6, 6.07) is 7.65. The van der Waals surface area contributed by atoms with Gasteiger partial charge in [0.25, 0.3) is 5.91 Å². The number of nitrogens with two attached hydrogens (primary N) is 1. The highest BCUT2D eigenvalue weighted by Crippen LogP contribution is 2.23. The van der Waals surface area contributed by atoms with Crippen molar-refractivity contribution in [1.82, 2.24) is 9.88 Å². The lowest BCUT2D eigenvalue weighted by Gasteiger charge is -2.27. The lowest BCUT2D eigenvalue weighted by atomic mass is 10.1. The van der Waals surface area contributed by atoms with Gasteiger partial charge in [0.1, 0.15) is 5.82 Å². The van der Waals surface area contributed by atoms with E-state index in [4.69, 9.17) is 10.5 Å². The lowest BCUT2D eigenvalue weighted by Crippen LogP contribution is -2.39. The Morgan fingerprint density at radius 2 is 2.00 bits per heavy atom. The molecule has 0 saturated carbocycles. The van der Waals surface area contributed by atoms with E-state index < -0.39 is 0 Å². The minimum Gasteiger partial charge on any atom is -0.383 e. The Morgan fingerprint density at radius 3 is 2.62 bits per heavy atom. The van der Waals surface area contributed by atoms with E-state index in [2.05, 4.69) is 4.98 Å². The third-order valence-electron chi connectivity index (χ3n) is 3.48. The number of pyridine rings is 1. The standard InChI is InChI=1S/C16H21N3O2/c1-11(2)19(8-9-21-3)16(20)14-10-18-15(17)13-7-5-4-6-12(13)14/h4-7,10-11H,8-9H2,1-3H3,(H2,17,18). The topological polar surface area (TPSA) is 68.5 Å². The van der Waals surface area contributed by atoms with Crippen molar-refractivity contribution in [2.75, 3.05) is 26.0 Å². The summed E-state index contributed by atoms with van der Waals surface area (Å²) < 4.78 is 5.09. The molecule has 0 aliphatic heterocycles. The van der Waals surface area contributed by atoms with Gasteiger partial charge in [-0.05, 0) is 19.2 Å². The number of benzene rings is 1. The number of carbonyl (C=O) groups excluding carboxylic acids is 1. The average Bonchev–Trinajstić information content (AvgIpc) is 2.48. The van der Waals surface area contributed by atoms with Gasteiger partial charge in [0.15, 0.2) is 0 Å². The second kappa shape index (κ2) is 6.54. The molecule has 5 heteroatoms. The van der Waals surface area contributed by atoms with Crippen LogP contribution in [0.1, 0.15) is 24.2 Å². The van der Waals surface area contributed by atoms with Crippen molar-refractivity contribution in [2.45, 2.75) is 19.9 Å². The Labute approximate surface area is 124 Å². The number of carbonyl (C=O) groups is 1. The number of hydrogen-bond acceptors (Lipinski definition) is 4. The summed E-state index contributed by atoms with van der Waals surface area (Å²) in [5.74, 6) is 0.390. The molecular weight excluding hydrogens is 266 g/mol. The van der Waals surface area contributed by atoms with Crippen LogP contribution in [0.5, 0.6) is 0 Å². The summed E-state index contributed by atoms with van der Waals surface area (Å²) in [7, 11) is 1.63. The second-order valence-electron chi connectivity index (χ2n) is 5.19. The van der Waals surface area contributed by atoms with Crippen LogP contribution >= 0.6 is 0 Å². The predicted molar refractivity (Wildman–Crippen MR) is 84.2 cm³/mol. The number of ether oxygens (including phenoxy) is 1. The maximum Gasteiger partial charge on any atom is 0.256 e. The van der Waals surface area contributed by atoms with Crippen molar-refractivity contribution < 1.29 is 9.53 Å². The fourth-order valence-electron chi connectivity index (χ4n) is 2.32. The fourth-order valence-corrected chi connectivity index (χ4v) is 2.32. The number of anilines is 1. The lowest BCUT2D eigenvalue weighted by molar-refractivity contribution is 0.0636. The smallest absolute Gasteiger partial charge is 0.256 e. The Morgan fingerprint density at radius 1 is 1.33 bits per heavy atom. The third kappa shape index (κ3) is 3.13. The van der Waals surface area contributed by atoms with Gasteiger partial charge in [-0.2, -0.15) is 0 Å². The summed E-state index contributed by atoms with van der Waals surface area (Å²) in [5.41, 5.74) is 6.46. The van der Waals surface area contributed by atoms with E-state index in [-0.39, 0.29) is 11.9 Å². The minimum absolute atomic E-state index is 0.0502. The highest BCUT2D eigenvalue weighted by molar-refractivity contribution is 6.09. The number of fused-ring (bicyclic) bond motifs is 1. The molecule has 2 N–H and O–H groups in total. The molecule has 2 aromatic rings. The van der Waals surface area contributed by atoms with E-state index in [9.17, 15) is 4.79 Å². The number of aromatic nitrogens is 1. The first kappa shape index (κ1) is 15.3. The summed E-state index contributed by atoms with van der Waals surface area (Å²) in [6.45, 7) is 5.02. The van der Waals surface area contributed by atoms with Gasteiger partial charge in [0, 0.05) is 31.3 Å². The van der Waals surface area contributed by atoms with Crippen LogP contribution in [0.25, 0.3) is 10.8 Å². The summed E-state index contributed by atoms with van der Waals surface area (Å²) in [6.07, 6.45) is 1.56. The maximum atomic E-state index is 12.8. The maximum absolute atomic E-state index is 12.8. The molecule has 1 aromatic carbocycles. The first-order chi connectivity index (χ1) is 10.1. The highest BCUT2D eigenvalue weighted by atomic mass is 16.5. The molecule has 0 atom stereocenters. The molecule has 0 unspecified atom stereocenters. The Balaban J connectivity index is 2.45. The van der Waals surface area contributed by atoms with Crippen LogP contribution in [0.3, 0.4) is 0 Å². The number of nitrogen functional groups attached to an aromatic ring is 1. The van der Waals surface area contributed by atoms with Crippen molar-refractivity contribution >= 4 is 22.5 Å². The van der Waals surface area contributed by atoms with Crippen molar-refractivity contribution in [2.24, 2.45) is 0 Å². The van der Waals surface area contributed by atoms with Crippen molar-refractivity contribution in [1.29, 1.82) is 0 Å². The van der Waals surface area contributed by atoms with Crippen molar-refractivity contribution in [3.8, 4) is 0 Å². The molecule has 2 rings (SSSR count). The molecule has 0 radical (unpaired) electrons. The number of nitrogens with zero attached hydrogens (tertiary/aromatic N) is 2. The van der Waals surface area contributed by atoms with Crippen molar-refractivity contribution in [3.63, 3.8) is 0 Å². The van der Waals surface area contributed by atoms with E-state index in [1.807, 2.05) is 38.1 Å². The Hall–Kier alpha value is -2.14.